The Kier molecular flexibility index (Phi) is 3.34. The number of benzene rings is 1. The normalized spacial score (nSPS) is 17.8. The first kappa shape index (κ1) is 11.7. The predicted molar refractivity (Wildman–Crippen MR) is 69.6 cm³/mol. The monoisotopic (exact) mass is 217 g/mol. The molecule has 0 saturated heterocycles. The van der Waals surface area contributed by atoms with Crippen LogP contribution in [0.4, 0.5) is 0 Å². The summed E-state index contributed by atoms with van der Waals surface area (Å²) in [5.41, 5.74) is 9.14. The van der Waals surface area contributed by atoms with E-state index in [4.69, 9.17) is 5.73 Å². The minimum Gasteiger partial charge on any atom is -0.325 e. The summed E-state index contributed by atoms with van der Waals surface area (Å²) in [6.45, 7) is 4.53. The van der Waals surface area contributed by atoms with E-state index in [0.717, 1.165) is 12.3 Å². The van der Waals surface area contributed by atoms with Crippen molar-refractivity contribution < 1.29 is 0 Å². The molecule has 0 spiro atoms. The number of nitrogens with two attached hydrogens (primary N) is 1. The van der Waals surface area contributed by atoms with Gasteiger partial charge in [0, 0.05) is 5.54 Å². The Labute approximate surface area is 99.0 Å². The van der Waals surface area contributed by atoms with Crippen molar-refractivity contribution in [2.75, 3.05) is 0 Å². The van der Waals surface area contributed by atoms with E-state index in [0.29, 0.717) is 0 Å². The van der Waals surface area contributed by atoms with Crippen molar-refractivity contribution in [3.8, 4) is 0 Å². The summed E-state index contributed by atoms with van der Waals surface area (Å²) < 4.78 is 0. The molecule has 0 heterocycles. The van der Waals surface area contributed by atoms with Crippen LogP contribution in [0.1, 0.15) is 56.6 Å². The van der Waals surface area contributed by atoms with Gasteiger partial charge in [-0.3, -0.25) is 0 Å². The van der Waals surface area contributed by atoms with Gasteiger partial charge in [-0.2, -0.15) is 0 Å². The van der Waals surface area contributed by atoms with Crippen LogP contribution in [0.2, 0.25) is 0 Å². The van der Waals surface area contributed by atoms with Gasteiger partial charge in [0.2, 0.25) is 0 Å². The zero-order valence-electron chi connectivity index (χ0n) is 10.5. The molecule has 1 heteroatoms. The van der Waals surface area contributed by atoms with Gasteiger partial charge in [-0.1, -0.05) is 38.1 Å². The highest BCUT2D eigenvalue weighted by molar-refractivity contribution is 5.27. The van der Waals surface area contributed by atoms with Crippen LogP contribution < -0.4 is 5.73 Å². The third kappa shape index (κ3) is 2.65. The summed E-state index contributed by atoms with van der Waals surface area (Å²) in [4.78, 5) is 0. The smallest absolute Gasteiger partial charge is 0.0196 e. The Morgan fingerprint density at radius 1 is 1.12 bits per heavy atom. The van der Waals surface area contributed by atoms with Crippen LogP contribution in [-0.4, -0.2) is 5.54 Å². The second kappa shape index (κ2) is 4.58. The van der Waals surface area contributed by atoms with E-state index in [1.807, 2.05) is 0 Å². The zero-order chi connectivity index (χ0) is 11.6. The van der Waals surface area contributed by atoms with E-state index in [2.05, 4.69) is 38.1 Å². The molecule has 1 aliphatic carbocycles. The zero-order valence-corrected chi connectivity index (χ0v) is 10.5. The molecule has 0 atom stereocenters. The number of hydrogen-bond donors (Lipinski definition) is 1. The van der Waals surface area contributed by atoms with Crippen LogP contribution in [0.3, 0.4) is 0 Å². The molecule has 0 amide bonds. The van der Waals surface area contributed by atoms with E-state index < -0.39 is 0 Å². The first-order valence-electron chi connectivity index (χ1n) is 6.54. The van der Waals surface area contributed by atoms with Gasteiger partial charge >= 0.3 is 0 Å². The predicted octanol–water partition coefficient (Wildman–Crippen LogP) is 3.62. The Morgan fingerprint density at radius 3 is 2.12 bits per heavy atom. The lowest BCUT2D eigenvalue weighted by molar-refractivity contribution is 0.639. The third-order valence-electron chi connectivity index (χ3n) is 3.89. The molecule has 0 aromatic heterocycles. The first-order valence-corrected chi connectivity index (χ1v) is 6.54. The fourth-order valence-corrected chi connectivity index (χ4v) is 2.41. The molecule has 2 rings (SSSR count). The first-order chi connectivity index (χ1) is 7.67. The molecule has 0 aliphatic heterocycles. The number of rotatable bonds is 5. The van der Waals surface area contributed by atoms with Gasteiger partial charge in [-0.15, -0.1) is 0 Å². The fourth-order valence-electron chi connectivity index (χ4n) is 2.41. The molecule has 1 aromatic carbocycles. The Bertz CT molecular complexity index is 331. The molecule has 0 unspecified atom stereocenters. The highest BCUT2D eigenvalue weighted by atomic mass is 14.8. The minimum atomic E-state index is 0.135. The quantitative estimate of drug-likeness (QED) is 0.801. The van der Waals surface area contributed by atoms with Gasteiger partial charge in [0.15, 0.2) is 0 Å². The standard InChI is InChI=1S/C15H23N/c1-3-13(4-2)14-7-5-12(6-8-14)11-15(16)9-10-15/h5-8,13H,3-4,9-11,16H2,1-2H3. The maximum atomic E-state index is 6.13. The summed E-state index contributed by atoms with van der Waals surface area (Å²) in [5.74, 6) is 0.724. The average Bonchev–Trinajstić information content (AvgIpc) is 3.00. The minimum absolute atomic E-state index is 0.135. The average molecular weight is 217 g/mol. The van der Waals surface area contributed by atoms with Crippen LogP contribution in [-0.2, 0) is 6.42 Å². The lowest BCUT2D eigenvalue weighted by atomic mass is 9.92. The highest BCUT2D eigenvalue weighted by Crippen LogP contribution is 2.35. The van der Waals surface area contributed by atoms with Crippen LogP contribution in [0.5, 0.6) is 0 Å². The maximum Gasteiger partial charge on any atom is 0.0196 e. The second-order valence-corrected chi connectivity index (χ2v) is 5.29. The summed E-state index contributed by atoms with van der Waals surface area (Å²) in [6.07, 6.45) is 5.91. The van der Waals surface area contributed by atoms with Crippen molar-refractivity contribution in [1.29, 1.82) is 0 Å². The summed E-state index contributed by atoms with van der Waals surface area (Å²) in [5, 5.41) is 0. The molecule has 16 heavy (non-hydrogen) atoms. The van der Waals surface area contributed by atoms with E-state index in [9.17, 15) is 0 Å². The van der Waals surface area contributed by atoms with Gasteiger partial charge in [-0.05, 0) is 49.1 Å². The van der Waals surface area contributed by atoms with Crippen LogP contribution in [0, 0.1) is 0 Å². The molecule has 1 aliphatic rings. The van der Waals surface area contributed by atoms with Gasteiger partial charge in [0.05, 0.1) is 0 Å². The molecule has 1 fully saturated rings. The molecule has 0 radical (unpaired) electrons. The van der Waals surface area contributed by atoms with Crippen molar-refractivity contribution in [3.05, 3.63) is 35.4 Å². The van der Waals surface area contributed by atoms with E-state index >= 15 is 0 Å². The Hall–Kier alpha value is -0.820. The largest absolute Gasteiger partial charge is 0.325 e. The van der Waals surface area contributed by atoms with Gasteiger partial charge in [-0.25, -0.2) is 0 Å². The second-order valence-electron chi connectivity index (χ2n) is 5.29. The molecule has 0 bridgehead atoms. The lowest BCUT2D eigenvalue weighted by Crippen LogP contribution is -2.24. The van der Waals surface area contributed by atoms with E-state index in [-0.39, 0.29) is 5.54 Å². The van der Waals surface area contributed by atoms with Crippen molar-refractivity contribution in [2.24, 2.45) is 5.73 Å². The maximum absolute atomic E-state index is 6.13. The molecule has 2 N–H and O–H groups in total. The van der Waals surface area contributed by atoms with Crippen LogP contribution in [0.25, 0.3) is 0 Å². The van der Waals surface area contributed by atoms with Crippen molar-refractivity contribution in [1.82, 2.24) is 0 Å². The van der Waals surface area contributed by atoms with Crippen molar-refractivity contribution in [2.45, 2.75) is 57.4 Å². The topological polar surface area (TPSA) is 26.0 Å². The Morgan fingerprint density at radius 2 is 1.69 bits per heavy atom. The van der Waals surface area contributed by atoms with Gasteiger partial charge in [0.1, 0.15) is 0 Å². The SMILES string of the molecule is CCC(CC)c1ccc(CC2(N)CC2)cc1. The van der Waals surface area contributed by atoms with Crippen molar-refractivity contribution >= 4 is 0 Å². The molecule has 1 nitrogen and oxygen atoms in total. The van der Waals surface area contributed by atoms with Crippen molar-refractivity contribution in [3.63, 3.8) is 0 Å². The number of hydrogen-bond acceptors (Lipinski definition) is 1. The summed E-state index contributed by atoms with van der Waals surface area (Å²) in [7, 11) is 0. The molecule has 1 aromatic rings. The summed E-state index contributed by atoms with van der Waals surface area (Å²) in [6, 6.07) is 9.11. The summed E-state index contributed by atoms with van der Waals surface area (Å²) >= 11 is 0. The van der Waals surface area contributed by atoms with Crippen LogP contribution >= 0.6 is 0 Å². The molecule has 88 valence electrons. The highest BCUT2D eigenvalue weighted by Gasteiger charge is 2.37. The van der Waals surface area contributed by atoms with E-state index in [1.54, 1.807) is 0 Å². The third-order valence-corrected chi connectivity index (χ3v) is 3.89. The van der Waals surface area contributed by atoms with E-state index in [1.165, 1.54) is 36.8 Å². The Balaban J connectivity index is 2.03. The molecular formula is C15H23N. The fraction of sp³-hybridized carbons (Fsp3) is 0.600. The van der Waals surface area contributed by atoms with Gasteiger partial charge < -0.3 is 5.73 Å². The lowest BCUT2D eigenvalue weighted by Gasteiger charge is -2.14. The van der Waals surface area contributed by atoms with Gasteiger partial charge in [0.25, 0.3) is 0 Å². The van der Waals surface area contributed by atoms with Crippen LogP contribution in [0.15, 0.2) is 24.3 Å². The molecular weight excluding hydrogens is 194 g/mol. The molecule has 1 saturated carbocycles.